The molecule has 32 nitrogen and oxygen atoms in total. The number of aromatic nitrogens is 8. The van der Waals surface area contributed by atoms with Gasteiger partial charge in [0.15, 0.2) is 52.6 Å². The van der Waals surface area contributed by atoms with E-state index in [4.69, 9.17) is 57.4 Å². The zero-order chi connectivity index (χ0) is 106. The number of aryl methyl sites for hydroxylation is 2. The van der Waals surface area contributed by atoms with E-state index in [9.17, 15) is 95.9 Å². The van der Waals surface area contributed by atoms with E-state index in [2.05, 4.69) is 114 Å². The summed E-state index contributed by atoms with van der Waals surface area (Å²) in [5.41, 5.74) is -11.5. The largest absolute Gasteiger partial charge is 0.494 e. The minimum Gasteiger partial charge on any atom is -0.494 e. The van der Waals surface area contributed by atoms with Gasteiger partial charge in [0.1, 0.15) is 122 Å². The van der Waals surface area contributed by atoms with Gasteiger partial charge >= 0.3 is 34.0 Å². The molecular formula is C98H116F12N10O22S4+2. The third-order valence-electron chi connectivity index (χ3n) is 20.2. The molecule has 4 heterocycles. The highest BCUT2D eigenvalue weighted by molar-refractivity contribution is 8.13. The third kappa shape index (κ3) is 46.5. The number of nitrogens with zero attached hydrogens (tertiary/aromatic N) is 10. The van der Waals surface area contributed by atoms with Crippen LogP contribution in [0.3, 0.4) is 0 Å². The van der Waals surface area contributed by atoms with Crippen LogP contribution < -0.4 is 37.2 Å². The summed E-state index contributed by atoms with van der Waals surface area (Å²) in [7, 11) is -26.9. The van der Waals surface area contributed by atoms with Gasteiger partial charge < -0.3 is 55.9 Å². The predicted octanol–water partition coefficient (Wildman–Crippen LogP) is 18.6. The number of ether oxygens (including phenoxy) is 8. The quantitative estimate of drug-likeness (QED) is 0.00326. The lowest BCUT2D eigenvalue weighted by atomic mass is 10.1. The van der Waals surface area contributed by atoms with Crippen molar-refractivity contribution in [2.75, 3.05) is 79.3 Å². The van der Waals surface area contributed by atoms with E-state index in [0.29, 0.717) is 90.7 Å². The van der Waals surface area contributed by atoms with E-state index in [-0.39, 0.29) is 0 Å². The first-order valence-electron chi connectivity index (χ1n) is 45.7. The van der Waals surface area contributed by atoms with Gasteiger partial charge in [-0.3, -0.25) is 0 Å². The van der Waals surface area contributed by atoms with Crippen molar-refractivity contribution in [3.8, 4) is 45.7 Å². The van der Waals surface area contributed by atoms with Crippen LogP contribution in [0.15, 0.2) is 270 Å². The maximum Gasteiger partial charge on any atom is 0.480 e. The highest BCUT2D eigenvalue weighted by Crippen LogP contribution is 2.38. The normalized spacial score (nSPS) is 12.0. The summed E-state index contributed by atoms with van der Waals surface area (Å²) in [4.78, 5) is 44.0. The number of halogens is 12. The lowest BCUT2D eigenvalue weighted by molar-refractivity contribution is -0.698. The molecule has 0 spiro atoms. The Balaban J connectivity index is 0.000000309. The second kappa shape index (κ2) is 62.4. The molecule has 146 heavy (non-hydrogen) atoms. The van der Waals surface area contributed by atoms with Crippen LogP contribution in [0, 0.1) is 13.8 Å². The summed E-state index contributed by atoms with van der Waals surface area (Å²) in [5, 5.41) is 0. The number of sulfonamides is 4. The number of rotatable bonds is 60. The molecule has 0 fully saturated rings. The van der Waals surface area contributed by atoms with Crippen molar-refractivity contribution < 1.29 is 172 Å². The van der Waals surface area contributed by atoms with Gasteiger partial charge in [0.2, 0.25) is 25.3 Å². The van der Waals surface area contributed by atoms with Gasteiger partial charge in [-0.15, -0.1) is 0 Å². The van der Waals surface area contributed by atoms with Crippen LogP contribution in [0.5, 0.6) is 23.0 Å². The van der Waals surface area contributed by atoms with Crippen molar-refractivity contribution in [3.63, 3.8) is 0 Å². The average molecular weight is 2140 g/mol. The summed E-state index contributed by atoms with van der Waals surface area (Å²) in [6.45, 7) is 21.0. The van der Waals surface area contributed by atoms with E-state index in [1.807, 2.05) is 157 Å². The zero-order valence-corrected chi connectivity index (χ0v) is 83.2. The summed E-state index contributed by atoms with van der Waals surface area (Å²) < 4.78 is 281. The number of imidazole rings is 4. The Morgan fingerprint density at radius 1 is 0.322 bits per heavy atom. The summed E-state index contributed by atoms with van der Waals surface area (Å²) in [6.07, 6.45) is 52.2. The van der Waals surface area contributed by atoms with E-state index in [1.165, 1.54) is 100 Å². The number of carbonyl (C=O) groups is 2. The molecule has 0 aliphatic rings. The zero-order valence-electron chi connectivity index (χ0n) is 79.9. The summed E-state index contributed by atoms with van der Waals surface area (Å²) in [5.74, 6) is 1.94. The van der Waals surface area contributed by atoms with Crippen molar-refractivity contribution in [1.82, 2.24) is 18.3 Å². The van der Waals surface area contributed by atoms with Gasteiger partial charge in [0.05, 0.1) is 79.3 Å². The Morgan fingerprint density at radius 3 is 0.795 bits per heavy atom. The molecule has 0 aliphatic heterocycles. The fourth-order valence-corrected chi connectivity index (χ4v) is 15.9. The molecule has 10 aromatic rings. The highest BCUT2D eigenvalue weighted by atomic mass is 32.3. The highest BCUT2D eigenvalue weighted by Gasteiger charge is 2.48. The smallest absolute Gasteiger partial charge is 0.480 e. The Kier molecular flexibility index (Phi) is 51.5. The molecule has 0 aliphatic carbocycles. The third-order valence-corrected chi connectivity index (χ3v) is 25.7. The molecule has 48 heteroatoms. The fourth-order valence-electron chi connectivity index (χ4n) is 12.5. The lowest BCUT2D eigenvalue weighted by Gasteiger charge is -2.22. The van der Waals surface area contributed by atoms with Crippen molar-refractivity contribution in [3.05, 3.63) is 300 Å². The molecule has 4 aromatic heterocycles. The second-order valence-electron chi connectivity index (χ2n) is 31.7. The fraction of sp³-hybridized carbons (Fsp3) is 0.388. The van der Waals surface area contributed by atoms with Crippen LogP contribution in [-0.4, -0.2) is 165 Å². The first kappa shape index (κ1) is 120. The van der Waals surface area contributed by atoms with Crippen molar-refractivity contribution in [1.29, 1.82) is 0 Å². The van der Waals surface area contributed by atoms with Gasteiger partial charge in [0, 0.05) is 12.2 Å². The number of hydrogen-bond acceptors (Lipinski definition) is 22. The van der Waals surface area contributed by atoms with E-state index in [1.54, 1.807) is 36.4 Å². The molecule has 0 bridgehead atoms. The minimum atomic E-state index is -6.72. The molecule has 10 rings (SSSR count). The average Bonchev–Trinajstić information content (AvgIpc) is 1.03. The molecule has 0 N–H and O–H groups in total. The predicted molar refractivity (Wildman–Crippen MR) is 512 cm³/mol. The van der Waals surface area contributed by atoms with Gasteiger partial charge in [-0.1, -0.05) is 161 Å². The number of hydrogen-bond donors (Lipinski definition) is 0. The standard InChI is InChI=1S/C50H72N4O8.C44H44N4O6.2C2F6NO4S2/c1-3-35-59-61-39-19-15-11-7-5-9-13-17-37-57-49-25-21-47(22-26-49)53-31-29-51(45-53)33-41-55-43-44-56-42-34-52-30-32-54(46-52)48-23-27-50(28-24-48)58-38-18-14-10-6-8-12-16-20-40-62-60-36-4-2;1-35-3-7-37(8-4-35)11-21-43(49)53-41-17-13-39(14-18-41)47-25-23-45(33-47)27-29-51-31-32-52-30-28-46-24-26-48(34-46)40-15-19-42(20-16-40)54-44(50)22-12-38-9-5-36(2)6-10-38;2*3-1(4,5)14(10,11)9-15(12,13)2(6,7)8/h21-32,35-36,45-46H,1-2,5-20,33-34,37-44H2;3-26,33-34H,27-32H2,1-2H3;;/q2*+2;2*-1/b;21-11+,22-12+;;. The van der Waals surface area contributed by atoms with E-state index < -0.39 is 74.1 Å². The first-order valence-corrected chi connectivity index (χ1v) is 51.5. The number of benzene rings is 6. The van der Waals surface area contributed by atoms with Crippen LogP contribution in [-0.2, 0) is 114 Å². The van der Waals surface area contributed by atoms with Crippen molar-refractivity contribution >= 4 is 64.2 Å². The number of carbonyl (C=O) groups excluding carboxylic acids is 2. The second-order valence-corrected chi connectivity index (χ2v) is 38.5. The Morgan fingerprint density at radius 2 is 0.555 bits per heavy atom. The number of unbranched alkanes of at least 4 members (excludes halogenated alkanes) is 14. The molecule has 796 valence electrons. The Labute approximate surface area is 839 Å². The molecule has 0 amide bonds. The van der Waals surface area contributed by atoms with Crippen molar-refractivity contribution in [2.45, 2.75) is 165 Å². The van der Waals surface area contributed by atoms with Gasteiger partial charge in [-0.25, -0.2) is 79.8 Å². The molecule has 6 aromatic carbocycles. The van der Waals surface area contributed by atoms with Crippen LogP contribution in [0.1, 0.15) is 125 Å². The lowest BCUT2D eigenvalue weighted by Crippen LogP contribution is -2.34. The van der Waals surface area contributed by atoms with Crippen LogP contribution in [0.2, 0.25) is 0 Å². The molecule has 0 saturated carbocycles. The number of alkyl halides is 12. The number of esters is 2. The summed E-state index contributed by atoms with van der Waals surface area (Å²) in [6, 6.07) is 47.1. The first-order chi connectivity index (χ1) is 69.5. The monoisotopic (exact) mass is 2140 g/mol. The maximum absolute atomic E-state index is 12.2. The molecule has 0 atom stereocenters. The van der Waals surface area contributed by atoms with E-state index >= 15 is 0 Å². The SMILES string of the molecule is C=C=COOCCCCCCCCCCOc1ccc(-n2cc[n+](CCOCCOCC[n+]3ccn(-c4ccc(OCCCCCCCCCCOOC=C=C)cc4)c3)c2)cc1.Cc1ccc(/C=C/C(=O)Oc2ccc(-n3cc[n+](CCOCCOCC[n+]4ccn(-c5ccc(OC(=O)/C=C/c6ccc(C)cc6)cc5)c4)c3)cc2)cc1.O=S(=O)([N-]S(=O)(=O)C(F)(F)F)C(F)(F)F.O=S(=O)([N-]S(=O)(=O)C(F)(F)F)C(F)(F)F. The molecule has 0 radical (unpaired) electrons. The topological polar surface area (TPSA) is 345 Å². The minimum absolute atomic E-state index is 0.424. The molecule has 0 unspecified atom stereocenters. The van der Waals surface area contributed by atoms with Gasteiger partial charge in [-0.05, 0) is 160 Å². The maximum atomic E-state index is 12.2. The Bertz CT molecular complexity index is 5740. The van der Waals surface area contributed by atoms with E-state index in [0.717, 1.165) is 118 Å². The van der Waals surface area contributed by atoms with Gasteiger partial charge in [0.25, 0.3) is 0 Å². The van der Waals surface area contributed by atoms with Crippen LogP contribution in [0.4, 0.5) is 52.7 Å². The van der Waals surface area contributed by atoms with Crippen LogP contribution in [0.25, 0.3) is 43.2 Å². The summed E-state index contributed by atoms with van der Waals surface area (Å²) >= 11 is 0. The molecule has 0 saturated heterocycles. The Hall–Kier alpha value is -12.5. The van der Waals surface area contributed by atoms with Gasteiger partial charge in [-0.2, -0.15) is 62.5 Å². The molecular weight excluding hydrogens is 2030 g/mol. The van der Waals surface area contributed by atoms with Crippen LogP contribution >= 0.6 is 0 Å². The van der Waals surface area contributed by atoms with Crippen molar-refractivity contribution in [2.24, 2.45) is 0 Å².